The highest BCUT2D eigenvalue weighted by atomic mass is 32.2. The summed E-state index contributed by atoms with van der Waals surface area (Å²) in [7, 11) is 1.73. The molecule has 278 valence electrons. The molecule has 0 saturated heterocycles. The molecular weight excluding hydrogens is 697 g/mol. The number of rotatable bonds is 18. The number of hydrogen-bond acceptors (Lipinski definition) is 9. The first-order chi connectivity index (χ1) is 25.2. The highest BCUT2D eigenvalue weighted by molar-refractivity contribution is 8.14. The zero-order valence-corrected chi connectivity index (χ0v) is 31.7. The van der Waals surface area contributed by atoms with Crippen molar-refractivity contribution in [3.63, 3.8) is 0 Å². The number of thioether (sulfide) groups is 2. The molecule has 0 aliphatic carbocycles. The van der Waals surface area contributed by atoms with Crippen molar-refractivity contribution in [3.8, 4) is 0 Å². The van der Waals surface area contributed by atoms with Crippen molar-refractivity contribution in [1.82, 2.24) is 30.8 Å². The van der Waals surface area contributed by atoms with Gasteiger partial charge in [0, 0.05) is 55.7 Å². The Labute approximate surface area is 314 Å². The lowest BCUT2D eigenvalue weighted by molar-refractivity contribution is -0.123. The molecule has 14 heteroatoms. The first-order valence-corrected chi connectivity index (χ1v) is 19.8. The van der Waals surface area contributed by atoms with E-state index in [2.05, 4.69) is 44.8 Å². The van der Waals surface area contributed by atoms with Crippen molar-refractivity contribution in [2.24, 2.45) is 15.9 Å². The predicted molar refractivity (Wildman–Crippen MR) is 210 cm³/mol. The zero-order chi connectivity index (χ0) is 36.7. The summed E-state index contributed by atoms with van der Waals surface area (Å²) in [5.41, 5.74) is 4.68. The number of hydrogen-bond donors (Lipinski definition) is 4. The normalized spacial score (nSPS) is 18.3. The Morgan fingerprint density at radius 3 is 2.19 bits per heavy atom. The van der Waals surface area contributed by atoms with Gasteiger partial charge in [0.25, 0.3) is 0 Å². The highest BCUT2D eigenvalue weighted by Crippen LogP contribution is 2.23. The predicted octanol–water partition coefficient (Wildman–Crippen LogP) is 5.12. The molecule has 0 saturated carbocycles. The summed E-state index contributed by atoms with van der Waals surface area (Å²) < 4.78 is 5.57. The SMILES string of the molecule is CC(C)C1=NC(CN(C)C(=O)NC(Cc2cnc[nH]2)C(=O)NC(CCC(Cc2ccccc2)NC(=O)OCC2CN=CS2)Cc2ccccc2)CS1. The van der Waals surface area contributed by atoms with Crippen LogP contribution in [-0.2, 0) is 28.8 Å². The van der Waals surface area contributed by atoms with Gasteiger partial charge in [-0.1, -0.05) is 74.5 Å². The fraction of sp³-hybridized carbons (Fsp3) is 0.474. The number of aliphatic imine (C=N–C) groups is 2. The molecule has 4 amide bonds. The molecule has 3 heterocycles. The number of benzene rings is 2. The monoisotopic (exact) mass is 746 g/mol. The molecule has 5 rings (SSSR count). The summed E-state index contributed by atoms with van der Waals surface area (Å²) in [6.07, 6.45) is 5.34. The maximum absolute atomic E-state index is 14.1. The van der Waals surface area contributed by atoms with Crippen LogP contribution in [0.2, 0.25) is 0 Å². The number of nitrogens with one attached hydrogen (secondary N) is 4. The molecule has 12 nitrogen and oxygen atoms in total. The molecule has 0 bridgehead atoms. The smallest absolute Gasteiger partial charge is 0.407 e. The van der Waals surface area contributed by atoms with Gasteiger partial charge in [-0.25, -0.2) is 14.6 Å². The lowest BCUT2D eigenvalue weighted by atomic mass is 9.95. The van der Waals surface area contributed by atoms with Gasteiger partial charge in [-0.05, 0) is 36.8 Å². The molecule has 2 aliphatic heterocycles. The molecule has 0 spiro atoms. The quantitative estimate of drug-likeness (QED) is 0.141. The molecule has 0 fully saturated rings. The topological polar surface area (TPSA) is 153 Å². The van der Waals surface area contributed by atoms with Crippen LogP contribution in [0.25, 0.3) is 0 Å². The Morgan fingerprint density at radius 1 is 0.942 bits per heavy atom. The Bertz CT molecular complexity index is 1620. The van der Waals surface area contributed by atoms with Gasteiger partial charge in [0.1, 0.15) is 12.6 Å². The molecule has 2 aliphatic rings. The van der Waals surface area contributed by atoms with Gasteiger partial charge in [0.2, 0.25) is 5.91 Å². The molecular formula is C38H50N8O4S2. The van der Waals surface area contributed by atoms with E-state index < -0.39 is 12.1 Å². The molecule has 1 aromatic heterocycles. The van der Waals surface area contributed by atoms with E-state index in [-0.39, 0.29) is 48.3 Å². The minimum Gasteiger partial charge on any atom is -0.448 e. The molecule has 5 unspecified atom stereocenters. The lowest BCUT2D eigenvalue weighted by Gasteiger charge is -2.27. The zero-order valence-electron chi connectivity index (χ0n) is 30.1. The summed E-state index contributed by atoms with van der Waals surface area (Å²) in [6.45, 7) is 5.62. The number of nitrogens with zero attached hydrogens (tertiary/aromatic N) is 4. The molecule has 5 atom stereocenters. The van der Waals surface area contributed by atoms with Crippen LogP contribution in [0, 0.1) is 5.92 Å². The number of aromatic nitrogens is 2. The highest BCUT2D eigenvalue weighted by Gasteiger charge is 2.29. The van der Waals surface area contributed by atoms with Crippen molar-refractivity contribution >= 4 is 52.1 Å². The third-order valence-electron chi connectivity index (χ3n) is 8.87. The second kappa shape index (κ2) is 20.1. The van der Waals surface area contributed by atoms with E-state index in [4.69, 9.17) is 9.73 Å². The van der Waals surface area contributed by atoms with Crippen LogP contribution in [0.1, 0.15) is 43.5 Å². The van der Waals surface area contributed by atoms with Gasteiger partial charge < -0.3 is 30.6 Å². The van der Waals surface area contributed by atoms with Gasteiger partial charge in [0.15, 0.2) is 0 Å². The first-order valence-electron chi connectivity index (χ1n) is 17.9. The number of urea groups is 1. The second-order valence-corrected chi connectivity index (χ2v) is 15.8. The first kappa shape index (κ1) is 38.9. The van der Waals surface area contributed by atoms with Crippen LogP contribution in [0.3, 0.4) is 0 Å². The van der Waals surface area contributed by atoms with Crippen LogP contribution in [0.4, 0.5) is 9.59 Å². The fourth-order valence-electron chi connectivity index (χ4n) is 6.08. The molecule has 4 N–H and O–H groups in total. The second-order valence-electron chi connectivity index (χ2n) is 13.6. The number of alkyl carbamates (subject to hydrolysis) is 1. The number of carbonyl (C=O) groups excluding carboxylic acids is 3. The van der Waals surface area contributed by atoms with E-state index in [9.17, 15) is 14.4 Å². The van der Waals surface area contributed by atoms with Gasteiger partial charge in [-0.15, -0.1) is 23.5 Å². The summed E-state index contributed by atoms with van der Waals surface area (Å²) in [5, 5.41) is 10.6. The number of imidazole rings is 1. The van der Waals surface area contributed by atoms with E-state index in [0.717, 1.165) is 27.6 Å². The Kier molecular flexibility index (Phi) is 15.0. The lowest BCUT2D eigenvalue weighted by Crippen LogP contribution is -2.54. The summed E-state index contributed by atoms with van der Waals surface area (Å²) in [4.78, 5) is 58.3. The Hall–Kier alpha value is -4.30. The largest absolute Gasteiger partial charge is 0.448 e. The molecule has 3 aromatic rings. The fourth-order valence-corrected chi connectivity index (χ4v) is 7.85. The number of carbonyl (C=O) groups is 3. The van der Waals surface area contributed by atoms with Crippen LogP contribution in [0.5, 0.6) is 0 Å². The number of ether oxygens (including phenoxy) is 1. The van der Waals surface area contributed by atoms with Crippen LogP contribution in [0.15, 0.2) is 83.2 Å². The molecule has 52 heavy (non-hydrogen) atoms. The van der Waals surface area contributed by atoms with Crippen molar-refractivity contribution in [3.05, 3.63) is 90.0 Å². The Balaban J connectivity index is 1.26. The number of amides is 4. The Morgan fingerprint density at radius 2 is 1.62 bits per heavy atom. The van der Waals surface area contributed by atoms with E-state index in [1.54, 1.807) is 53.5 Å². The molecule has 0 radical (unpaired) electrons. The summed E-state index contributed by atoms with van der Waals surface area (Å²) in [5.74, 6) is 0.892. The van der Waals surface area contributed by atoms with E-state index in [1.807, 2.05) is 60.7 Å². The van der Waals surface area contributed by atoms with E-state index >= 15 is 0 Å². The number of likely N-dealkylation sites (N-methyl/N-ethyl adjacent to an activating group) is 1. The van der Waals surface area contributed by atoms with E-state index in [1.165, 1.54) is 0 Å². The summed E-state index contributed by atoms with van der Waals surface area (Å²) >= 11 is 3.30. The third-order valence-corrected chi connectivity index (χ3v) is 11.2. The number of aromatic amines is 1. The summed E-state index contributed by atoms with van der Waals surface area (Å²) in [6, 6.07) is 18.3. The van der Waals surface area contributed by atoms with Crippen molar-refractivity contribution in [1.29, 1.82) is 0 Å². The van der Waals surface area contributed by atoms with Gasteiger partial charge in [-0.3, -0.25) is 14.8 Å². The van der Waals surface area contributed by atoms with Crippen molar-refractivity contribution < 1.29 is 19.1 Å². The van der Waals surface area contributed by atoms with Crippen LogP contribution in [-0.4, -0.2) is 105 Å². The molecule has 2 aromatic carbocycles. The van der Waals surface area contributed by atoms with Gasteiger partial charge >= 0.3 is 12.1 Å². The third kappa shape index (κ3) is 12.7. The maximum atomic E-state index is 14.1. The maximum Gasteiger partial charge on any atom is 0.407 e. The minimum atomic E-state index is -0.855. The average Bonchev–Trinajstić information content (AvgIpc) is 3.95. The van der Waals surface area contributed by atoms with Crippen LogP contribution < -0.4 is 16.0 Å². The van der Waals surface area contributed by atoms with Crippen molar-refractivity contribution in [2.45, 2.75) is 75.4 Å². The van der Waals surface area contributed by atoms with Gasteiger partial charge in [-0.2, -0.15) is 0 Å². The van der Waals surface area contributed by atoms with Gasteiger partial charge in [0.05, 0.1) is 34.8 Å². The average molecular weight is 747 g/mol. The van der Waals surface area contributed by atoms with Crippen LogP contribution >= 0.6 is 23.5 Å². The minimum absolute atomic E-state index is 0.0126. The van der Waals surface area contributed by atoms with Crippen molar-refractivity contribution in [2.75, 3.05) is 32.5 Å². The number of H-pyrrole nitrogens is 1. The standard InChI is InChI=1S/C38H50N8O4S2/c1-26(2)36-43-32(23-51-36)21-46(3)37(48)45-34(18-31-19-39-24-41-31)35(47)42-29(16-27-10-6-4-7-11-27)14-15-30(17-28-12-8-5-9-13-28)44-38(49)50-22-33-20-40-25-52-33/h4-13,19,24-26,29-30,32-34H,14-18,20-23H2,1-3H3,(H,39,41)(H,42,47)(H,44,49)(H,45,48). The van der Waals surface area contributed by atoms with E-state index in [0.29, 0.717) is 44.7 Å².